The molecule has 0 amide bonds. The molecule has 0 N–H and O–H groups in total. The van der Waals surface area contributed by atoms with Gasteiger partial charge in [-0.1, -0.05) is 291 Å². The molecule has 77 heavy (non-hydrogen) atoms. The molecule has 0 spiro atoms. The molecule has 0 aliphatic carbocycles. The lowest BCUT2D eigenvalue weighted by Crippen LogP contribution is -2.30. The summed E-state index contributed by atoms with van der Waals surface area (Å²) in [7, 11) is 0. The van der Waals surface area contributed by atoms with Gasteiger partial charge in [0.25, 0.3) is 0 Å². The smallest absolute Gasteiger partial charge is 0.310 e. The number of hydrogen-bond acceptors (Lipinski definition) is 6. The van der Waals surface area contributed by atoms with Crippen molar-refractivity contribution in [2.75, 3.05) is 13.2 Å². The molecule has 440 valence electrons. The van der Waals surface area contributed by atoms with Crippen molar-refractivity contribution in [1.82, 2.24) is 0 Å². The zero-order chi connectivity index (χ0) is 55.7. The highest BCUT2D eigenvalue weighted by atomic mass is 16.6. The standard InChI is InChI=1S/C71H120O6/c1-4-7-10-13-16-19-22-24-26-27-28-29-30-31-32-33-34-35-36-37-38-39-40-41-42-43-45-46-49-52-55-58-61-64-70(73)76-67-68(66-75-69(72)63-60-57-54-51-48-21-18-15-12-9-6-3)77-71(74)65-62-59-56-53-50-47-44-25-23-20-17-14-11-8-5-2/h8,11,15,17-18,20,22,24-25,27-28,30-31,44,50,53,59,62,68H,4-7,9-10,12-14,16,19,21,23,26,29,32-43,45-49,51-52,54-58,60-61,63-67H2,1-3H3/b11-8-,18-15-,20-17-,24-22-,28-27-,31-30-,44-25-,53-50-,62-59-. The second kappa shape index (κ2) is 64.6. The normalized spacial score (nSPS) is 12.8. The summed E-state index contributed by atoms with van der Waals surface area (Å²) in [4.78, 5) is 38.1. The Morgan fingerprint density at radius 1 is 0.286 bits per heavy atom. The van der Waals surface area contributed by atoms with Crippen LogP contribution in [0.4, 0.5) is 0 Å². The fraction of sp³-hybridized carbons (Fsp3) is 0.704. The lowest BCUT2D eigenvalue weighted by molar-refractivity contribution is -0.166. The zero-order valence-electron chi connectivity index (χ0n) is 50.4. The summed E-state index contributed by atoms with van der Waals surface area (Å²) >= 11 is 0. The molecule has 0 fully saturated rings. The minimum absolute atomic E-state index is 0.0943. The van der Waals surface area contributed by atoms with E-state index in [9.17, 15) is 14.4 Å². The maximum absolute atomic E-state index is 12.8. The van der Waals surface area contributed by atoms with Crippen LogP contribution in [0.2, 0.25) is 0 Å². The van der Waals surface area contributed by atoms with Crippen molar-refractivity contribution in [3.8, 4) is 0 Å². The SMILES string of the molecule is CC/C=C\C/C=C\C/C=C\C/C=C\C/C=C\CC(=O)OC(COC(=O)CCCCCCC/C=C\CCCC)COC(=O)CCCCCCCCCCCCCCCCCCCC/C=C\C/C=C\C/C=C\CCCCCCC. The molecule has 0 heterocycles. The Morgan fingerprint density at radius 2 is 0.558 bits per heavy atom. The number of carbonyl (C=O) groups excluding carboxylic acids is 3. The minimum Gasteiger partial charge on any atom is -0.462 e. The summed E-state index contributed by atoms with van der Waals surface area (Å²) < 4.78 is 16.7. The van der Waals surface area contributed by atoms with Crippen molar-refractivity contribution in [3.05, 3.63) is 109 Å². The molecule has 0 bridgehead atoms. The number of allylic oxidation sites excluding steroid dienone is 17. The third kappa shape index (κ3) is 62.8. The molecule has 0 radical (unpaired) electrons. The minimum atomic E-state index is -0.836. The van der Waals surface area contributed by atoms with Crippen molar-refractivity contribution < 1.29 is 28.6 Å². The van der Waals surface area contributed by atoms with Crippen LogP contribution in [-0.2, 0) is 28.6 Å². The lowest BCUT2D eigenvalue weighted by Gasteiger charge is -2.18. The molecule has 0 saturated carbocycles. The first-order valence-electron chi connectivity index (χ1n) is 32.4. The number of hydrogen-bond donors (Lipinski definition) is 0. The lowest BCUT2D eigenvalue weighted by atomic mass is 10.0. The number of unbranched alkanes of at least 4 members (excludes halogenated alkanes) is 30. The van der Waals surface area contributed by atoms with Gasteiger partial charge >= 0.3 is 17.9 Å². The molecule has 0 rings (SSSR count). The maximum atomic E-state index is 12.8. The van der Waals surface area contributed by atoms with E-state index in [1.807, 2.05) is 6.08 Å². The van der Waals surface area contributed by atoms with Crippen LogP contribution < -0.4 is 0 Å². The van der Waals surface area contributed by atoms with Gasteiger partial charge in [0.05, 0.1) is 6.42 Å². The third-order valence-electron chi connectivity index (χ3n) is 13.8. The van der Waals surface area contributed by atoms with E-state index >= 15 is 0 Å². The molecule has 0 saturated heterocycles. The molecule has 6 nitrogen and oxygen atoms in total. The topological polar surface area (TPSA) is 78.9 Å². The fourth-order valence-electron chi connectivity index (χ4n) is 8.92. The molecule has 6 heteroatoms. The molecule has 1 unspecified atom stereocenters. The molecule has 0 aliphatic rings. The first-order chi connectivity index (χ1) is 38.0. The van der Waals surface area contributed by atoms with Crippen LogP contribution in [-0.4, -0.2) is 37.2 Å². The van der Waals surface area contributed by atoms with Crippen LogP contribution in [0, 0.1) is 0 Å². The molecular weight excluding hydrogens is 949 g/mol. The number of rotatable bonds is 58. The molecule has 0 aromatic heterocycles. The van der Waals surface area contributed by atoms with Crippen LogP contribution in [0.1, 0.15) is 303 Å². The largest absolute Gasteiger partial charge is 0.462 e. The summed E-state index contributed by atoms with van der Waals surface area (Å²) in [6.45, 7) is 6.40. The van der Waals surface area contributed by atoms with Crippen molar-refractivity contribution in [3.63, 3.8) is 0 Å². The van der Waals surface area contributed by atoms with Gasteiger partial charge in [0, 0.05) is 12.8 Å². The monoisotopic (exact) mass is 1070 g/mol. The van der Waals surface area contributed by atoms with Gasteiger partial charge in [0.15, 0.2) is 6.10 Å². The van der Waals surface area contributed by atoms with Gasteiger partial charge in [-0.3, -0.25) is 14.4 Å². The second-order valence-electron chi connectivity index (χ2n) is 21.3. The first kappa shape index (κ1) is 73.1. The van der Waals surface area contributed by atoms with Crippen molar-refractivity contribution >= 4 is 17.9 Å². The highest BCUT2D eigenvalue weighted by Crippen LogP contribution is 2.16. The van der Waals surface area contributed by atoms with E-state index in [-0.39, 0.29) is 31.6 Å². The van der Waals surface area contributed by atoms with E-state index in [4.69, 9.17) is 14.2 Å². The van der Waals surface area contributed by atoms with Crippen LogP contribution in [0.25, 0.3) is 0 Å². The van der Waals surface area contributed by atoms with Gasteiger partial charge in [-0.15, -0.1) is 0 Å². The molecule has 0 aromatic carbocycles. The number of esters is 3. The van der Waals surface area contributed by atoms with Crippen LogP contribution in [0.3, 0.4) is 0 Å². The van der Waals surface area contributed by atoms with E-state index in [1.54, 1.807) is 6.08 Å². The first-order valence-corrected chi connectivity index (χ1v) is 32.4. The Morgan fingerprint density at radius 3 is 0.909 bits per heavy atom. The maximum Gasteiger partial charge on any atom is 0.310 e. The van der Waals surface area contributed by atoms with E-state index in [2.05, 4.69) is 118 Å². The Labute approximate surface area is 476 Å². The van der Waals surface area contributed by atoms with Gasteiger partial charge in [0.1, 0.15) is 13.2 Å². The van der Waals surface area contributed by atoms with E-state index < -0.39 is 12.1 Å². The third-order valence-corrected chi connectivity index (χ3v) is 13.8. The predicted octanol–water partition coefficient (Wildman–Crippen LogP) is 22.2. The van der Waals surface area contributed by atoms with Gasteiger partial charge in [-0.2, -0.15) is 0 Å². The van der Waals surface area contributed by atoms with Gasteiger partial charge < -0.3 is 14.2 Å². The second-order valence-corrected chi connectivity index (χ2v) is 21.3. The summed E-state index contributed by atoms with van der Waals surface area (Å²) in [6.07, 6.45) is 88.7. The van der Waals surface area contributed by atoms with Gasteiger partial charge in [0.2, 0.25) is 0 Å². The average Bonchev–Trinajstić information content (AvgIpc) is 3.43. The van der Waals surface area contributed by atoms with E-state index in [0.717, 1.165) is 96.3 Å². The highest BCUT2D eigenvalue weighted by Gasteiger charge is 2.19. The number of ether oxygens (including phenoxy) is 3. The number of carbonyl (C=O) groups is 3. The zero-order valence-corrected chi connectivity index (χ0v) is 50.4. The van der Waals surface area contributed by atoms with Crippen molar-refractivity contribution in [2.24, 2.45) is 0 Å². The van der Waals surface area contributed by atoms with Crippen molar-refractivity contribution in [1.29, 1.82) is 0 Å². The molecule has 1 atom stereocenters. The fourth-order valence-corrected chi connectivity index (χ4v) is 8.92. The Balaban J connectivity index is 4.17. The Hall–Kier alpha value is -3.93. The highest BCUT2D eigenvalue weighted by molar-refractivity contribution is 5.72. The quantitative estimate of drug-likeness (QED) is 0.0261. The van der Waals surface area contributed by atoms with Gasteiger partial charge in [-0.05, 0) is 103 Å². The summed E-state index contributed by atoms with van der Waals surface area (Å²) in [5, 5.41) is 0. The van der Waals surface area contributed by atoms with E-state index in [0.29, 0.717) is 12.8 Å². The molecule has 0 aliphatic heterocycles. The van der Waals surface area contributed by atoms with Gasteiger partial charge in [-0.25, -0.2) is 0 Å². The molecular formula is C71H120O6. The van der Waals surface area contributed by atoms with Crippen LogP contribution in [0.5, 0.6) is 0 Å². The Kier molecular flexibility index (Phi) is 61.3. The Bertz CT molecular complexity index is 1560. The summed E-state index contributed by atoms with van der Waals surface area (Å²) in [6, 6.07) is 0. The van der Waals surface area contributed by atoms with E-state index in [1.165, 1.54) is 167 Å². The van der Waals surface area contributed by atoms with Crippen LogP contribution in [0.15, 0.2) is 109 Å². The molecule has 0 aromatic rings. The summed E-state index contributed by atoms with van der Waals surface area (Å²) in [5.74, 6) is -1.05. The summed E-state index contributed by atoms with van der Waals surface area (Å²) in [5.41, 5.74) is 0. The van der Waals surface area contributed by atoms with Crippen LogP contribution >= 0.6 is 0 Å². The average molecular weight is 1070 g/mol. The predicted molar refractivity (Wildman–Crippen MR) is 334 cm³/mol. The van der Waals surface area contributed by atoms with Crippen molar-refractivity contribution in [2.45, 2.75) is 309 Å².